The quantitative estimate of drug-likeness (QED) is 0.410. The minimum absolute atomic E-state index is 0.958. The normalized spacial score (nSPS) is 13.0. The van der Waals surface area contributed by atoms with Gasteiger partial charge >= 0.3 is 0 Å². The molecule has 0 saturated heterocycles. The zero-order chi connectivity index (χ0) is 10.5. The third-order valence-corrected chi connectivity index (χ3v) is 1.85. The topological polar surface area (TPSA) is 0 Å². The lowest BCUT2D eigenvalue weighted by Crippen LogP contribution is -1.65. The Morgan fingerprint density at radius 2 is 1.57 bits per heavy atom. The van der Waals surface area contributed by atoms with E-state index in [0.29, 0.717) is 0 Å². The minimum Gasteiger partial charge on any atom is -0.0930 e. The third-order valence-electron chi connectivity index (χ3n) is 1.70. The van der Waals surface area contributed by atoms with Gasteiger partial charge in [0.05, 0.1) is 0 Å². The molecule has 0 atom stereocenters. The van der Waals surface area contributed by atoms with Crippen LogP contribution in [0.1, 0.15) is 32.6 Å². The van der Waals surface area contributed by atoms with Gasteiger partial charge < -0.3 is 0 Å². The summed E-state index contributed by atoms with van der Waals surface area (Å²) in [5.74, 6) is 0. The van der Waals surface area contributed by atoms with Crippen molar-refractivity contribution in [3.05, 3.63) is 48.1 Å². The van der Waals surface area contributed by atoms with Gasteiger partial charge in [0, 0.05) is 5.54 Å². The van der Waals surface area contributed by atoms with E-state index in [2.05, 4.69) is 37.3 Å². The summed E-state index contributed by atoms with van der Waals surface area (Å²) >= 11 is 5.35. The van der Waals surface area contributed by atoms with E-state index in [9.17, 15) is 0 Å². The Bertz CT molecular complexity index is 209. The van der Waals surface area contributed by atoms with E-state index in [0.717, 1.165) is 6.42 Å². The van der Waals surface area contributed by atoms with Crippen molar-refractivity contribution >= 4 is 11.6 Å². The van der Waals surface area contributed by atoms with Crippen molar-refractivity contribution in [1.29, 1.82) is 0 Å². The number of allylic oxidation sites excluding steroid dienone is 7. The highest BCUT2D eigenvalue weighted by molar-refractivity contribution is 6.25. The molecule has 0 aromatic rings. The number of halogens is 1. The first-order valence-electron chi connectivity index (χ1n) is 5.15. The van der Waals surface area contributed by atoms with E-state index in [1.54, 1.807) is 0 Å². The lowest BCUT2D eigenvalue weighted by Gasteiger charge is -1.85. The van der Waals surface area contributed by atoms with E-state index in [4.69, 9.17) is 11.6 Å². The van der Waals surface area contributed by atoms with E-state index < -0.39 is 0 Å². The molecule has 0 amide bonds. The second kappa shape index (κ2) is 12.2. The monoisotopic (exact) mass is 210 g/mol. The zero-order valence-electron chi connectivity index (χ0n) is 8.83. The van der Waals surface area contributed by atoms with Crippen molar-refractivity contribution in [2.24, 2.45) is 0 Å². The van der Waals surface area contributed by atoms with E-state index in [-0.39, 0.29) is 0 Å². The van der Waals surface area contributed by atoms with Gasteiger partial charge in [-0.3, -0.25) is 0 Å². The maximum absolute atomic E-state index is 5.35. The van der Waals surface area contributed by atoms with Gasteiger partial charge in [-0.2, -0.15) is 0 Å². The molecule has 0 spiro atoms. The highest BCUT2D eigenvalue weighted by atomic mass is 35.5. The van der Waals surface area contributed by atoms with Crippen LogP contribution in [0, 0.1) is 0 Å². The average Bonchev–Trinajstić information content (AvgIpc) is 2.21. The van der Waals surface area contributed by atoms with Crippen LogP contribution in [-0.4, -0.2) is 0 Å². The molecule has 0 fully saturated rings. The molecular formula is C13H19Cl. The second-order valence-corrected chi connectivity index (χ2v) is 3.23. The van der Waals surface area contributed by atoms with Crippen LogP contribution in [0.4, 0.5) is 0 Å². The van der Waals surface area contributed by atoms with Crippen molar-refractivity contribution in [1.82, 2.24) is 0 Å². The van der Waals surface area contributed by atoms with Crippen molar-refractivity contribution < 1.29 is 0 Å². The minimum atomic E-state index is 0.958. The summed E-state index contributed by atoms with van der Waals surface area (Å²) in [6.45, 7) is 2.21. The highest BCUT2D eigenvalue weighted by Crippen LogP contribution is 1.95. The van der Waals surface area contributed by atoms with E-state index in [1.165, 1.54) is 24.8 Å². The van der Waals surface area contributed by atoms with Crippen LogP contribution in [0.5, 0.6) is 0 Å². The lowest BCUT2D eigenvalue weighted by molar-refractivity contribution is 0.815. The molecule has 1 heteroatoms. The van der Waals surface area contributed by atoms with Crippen LogP contribution >= 0.6 is 11.6 Å². The molecule has 0 aliphatic rings. The number of hydrogen-bond acceptors (Lipinski definition) is 0. The van der Waals surface area contributed by atoms with E-state index >= 15 is 0 Å². The summed E-state index contributed by atoms with van der Waals surface area (Å²) in [5, 5.41) is 0. The number of hydrogen-bond donors (Lipinski definition) is 0. The molecule has 0 radical (unpaired) electrons. The molecule has 0 nitrogen and oxygen atoms in total. The van der Waals surface area contributed by atoms with Crippen molar-refractivity contribution in [2.45, 2.75) is 32.6 Å². The summed E-state index contributed by atoms with van der Waals surface area (Å²) < 4.78 is 0. The van der Waals surface area contributed by atoms with Gasteiger partial charge in [-0.1, -0.05) is 73.9 Å². The summed E-state index contributed by atoms with van der Waals surface area (Å²) in [6, 6.07) is 0. The Morgan fingerprint density at radius 3 is 2.21 bits per heavy atom. The Labute approximate surface area is 92.7 Å². The molecule has 0 aliphatic heterocycles. The molecule has 0 aromatic carbocycles. The van der Waals surface area contributed by atoms with Crippen LogP contribution < -0.4 is 0 Å². The summed E-state index contributed by atoms with van der Waals surface area (Å²) in [7, 11) is 0. The Kier molecular flexibility index (Phi) is 11.6. The first kappa shape index (κ1) is 13.2. The van der Waals surface area contributed by atoms with Crippen molar-refractivity contribution in [3.63, 3.8) is 0 Å². The third kappa shape index (κ3) is 11.2. The van der Waals surface area contributed by atoms with Gasteiger partial charge in [0.2, 0.25) is 0 Å². The van der Waals surface area contributed by atoms with Gasteiger partial charge in [-0.25, -0.2) is 0 Å². The SMILES string of the molecule is CCCC/C=C\C=C/C/C=C/C=C/Cl. The largest absolute Gasteiger partial charge is 0.0930 e. The molecule has 0 aliphatic carbocycles. The summed E-state index contributed by atoms with van der Waals surface area (Å²) in [4.78, 5) is 0. The van der Waals surface area contributed by atoms with Crippen molar-refractivity contribution in [3.8, 4) is 0 Å². The summed E-state index contributed by atoms with van der Waals surface area (Å²) in [6.07, 6.45) is 19.0. The predicted octanol–water partition coefficient (Wildman–Crippen LogP) is 4.99. The number of rotatable bonds is 7. The predicted molar refractivity (Wildman–Crippen MR) is 66.6 cm³/mol. The molecule has 14 heavy (non-hydrogen) atoms. The fourth-order valence-electron chi connectivity index (χ4n) is 0.932. The Balaban J connectivity index is 3.39. The second-order valence-electron chi connectivity index (χ2n) is 2.98. The van der Waals surface area contributed by atoms with Gasteiger partial charge in [-0.15, -0.1) is 0 Å². The molecule has 0 saturated carbocycles. The van der Waals surface area contributed by atoms with Crippen molar-refractivity contribution in [2.75, 3.05) is 0 Å². The summed E-state index contributed by atoms with van der Waals surface area (Å²) in [5.41, 5.74) is 1.50. The molecule has 0 heterocycles. The average molecular weight is 211 g/mol. The first-order chi connectivity index (χ1) is 6.91. The lowest BCUT2D eigenvalue weighted by atomic mass is 10.2. The van der Waals surface area contributed by atoms with Crippen LogP contribution in [0.15, 0.2) is 48.1 Å². The molecule has 0 unspecified atom stereocenters. The Hall–Kier alpha value is -0.750. The zero-order valence-corrected chi connectivity index (χ0v) is 9.58. The van der Waals surface area contributed by atoms with Crippen LogP contribution in [0.3, 0.4) is 0 Å². The van der Waals surface area contributed by atoms with Gasteiger partial charge in [0.1, 0.15) is 0 Å². The molecular weight excluding hydrogens is 192 g/mol. The van der Waals surface area contributed by atoms with Crippen LogP contribution in [0.25, 0.3) is 0 Å². The number of unbranched alkanes of at least 4 members (excludes halogenated alkanes) is 2. The molecule has 0 bridgehead atoms. The maximum atomic E-state index is 5.35. The maximum Gasteiger partial charge on any atom is 0.00423 e. The van der Waals surface area contributed by atoms with Gasteiger partial charge in [0.15, 0.2) is 0 Å². The molecule has 0 aromatic heterocycles. The fourth-order valence-corrected chi connectivity index (χ4v) is 1.02. The van der Waals surface area contributed by atoms with Gasteiger partial charge in [-0.05, 0) is 12.8 Å². The molecule has 0 N–H and O–H groups in total. The fraction of sp³-hybridized carbons (Fsp3) is 0.385. The van der Waals surface area contributed by atoms with Crippen LogP contribution in [-0.2, 0) is 0 Å². The molecule has 78 valence electrons. The first-order valence-corrected chi connectivity index (χ1v) is 5.59. The Morgan fingerprint density at radius 1 is 0.929 bits per heavy atom. The van der Waals surface area contributed by atoms with Crippen LogP contribution in [0.2, 0.25) is 0 Å². The van der Waals surface area contributed by atoms with Gasteiger partial charge in [0.25, 0.3) is 0 Å². The smallest absolute Gasteiger partial charge is 0.00423 e. The highest BCUT2D eigenvalue weighted by Gasteiger charge is 1.75. The standard InChI is InChI=1S/C13H19Cl/c1-2-3-4-5-6-7-8-9-10-11-12-13-14/h5-8,10-13H,2-4,9H2,1H3/b6-5-,8-7-,11-10+,13-12+. The van der Waals surface area contributed by atoms with E-state index in [1.807, 2.05) is 12.2 Å². The molecule has 0 rings (SSSR count).